The van der Waals surface area contributed by atoms with Crippen LogP contribution in [0.4, 0.5) is 0 Å². The summed E-state index contributed by atoms with van der Waals surface area (Å²) in [4.78, 5) is 15.8. The van der Waals surface area contributed by atoms with Crippen molar-refractivity contribution in [1.82, 2.24) is 10.3 Å². The Labute approximate surface area is 102 Å². The highest BCUT2D eigenvalue weighted by atomic mass is 16.5. The third-order valence-electron chi connectivity index (χ3n) is 1.98. The summed E-state index contributed by atoms with van der Waals surface area (Å²) in [6, 6.07) is 1.71. The van der Waals surface area contributed by atoms with Gasteiger partial charge in [0, 0.05) is 18.3 Å². The van der Waals surface area contributed by atoms with Crippen LogP contribution < -0.4 is 10.1 Å². The van der Waals surface area contributed by atoms with Gasteiger partial charge >= 0.3 is 0 Å². The molecule has 0 saturated heterocycles. The number of carbonyl (C=O) groups excluding carboxylic acids is 1. The van der Waals surface area contributed by atoms with Crippen LogP contribution in [0.25, 0.3) is 0 Å². The molecule has 1 aromatic heterocycles. The maximum absolute atomic E-state index is 11.8. The van der Waals surface area contributed by atoms with Crippen molar-refractivity contribution >= 4 is 5.78 Å². The summed E-state index contributed by atoms with van der Waals surface area (Å²) in [5, 5.41) is 2.96. The van der Waals surface area contributed by atoms with Gasteiger partial charge in [0.1, 0.15) is 5.75 Å². The molecule has 1 N–H and O–H groups in total. The lowest BCUT2D eigenvalue weighted by molar-refractivity contribution is 0.0991. The summed E-state index contributed by atoms with van der Waals surface area (Å²) in [6.07, 6.45) is 4.93. The fourth-order valence-electron chi connectivity index (χ4n) is 1.30. The third-order valence-corrected chi connectivity index (χ3v) is 1.98. The summed E-state index contributed by atoms with van der Waals surface area (Å²) in [5.41, 5.74) is 0.555. The van der Waals surface area contributed by atoms with Crippen LogP contribution in [0.5, 0.6) is 5.75 Å². The second-order valence-electron chi connectivity index (χ2n) is 3.92. The van der Waals surface area contributed by atoms with E-state index in [9.17, 15) is 4.79 Å². The predicted octanol–water partition coefficient (Wildman–Crippen LogP) is 1.83. The van der Waals surface area contributed by atoms with Crippen LogP contribution in [0.15, 0.2) is 31.1 Å². The number of ketones is 1. The average molecular weight is 234 g/mol. The minimum atomic E-state index is -0.00597. The largest absolute Gasteiger partial charge is 0.489 e. The van der Waals surface area contributed by atoms with Crippen molar-refractivity contribution in [3.63, 3.8) is 0 Å². The van der Waals surface area contributed by atoms with E-state index in [1.54, 1.807) is 24.5 Å². The lowest BCUT2D eigenvalue weighted by Crippen LogP contribution is -2.23. The van der Waals surface area contributed by atoms with E-state index < -0.39 is 0 Å². The smallest absolute Gasteiger partial charge is 0.178 e. The predicted molar refractivity (Wildman–Crippen MR) is 67.4 cm³/mol. The van der Waals surface area contributed by atoms with Crippen LogP contribution in [-0.4, -0.2) is 30.0 Å². The number of ether oxygens (including phenoxy) is 1. The SMILES string of the molecule is C=CCNCC(=O)c1cncc(OC(C)C)c1. The number of nitrogens with zero attached hydrogens (tertiary/aromatic N) is 1. The highest BCUT2D eigenvalue weighted by Crippen LogP contribution is 2.13. The standard InChI is InChI=1S/C13H18N2O2/c1-4-5-14-9-13(16)11-6-12(8-15-7-11)17-10(2)3/h4,6-8,10,14H,1,5,9H2,2-3H3. The molecule has 0 spiro atoms. The molecule has 0 bridgehead atoms. The van der Waals surface area contributed by atoms with E-state index in [1.165, 1.54) is 0 Å². The zero-order chi connectivity index (χ0) is 12.7. The molecular formula is C13H18N2O2. The van der Waals surface area contributed by atoms with Gasteiger partial charge in [0.15, 0.2) is 5.78 Å². The molecule has 0 fully saturated rings. The van der Waals surface area contributed by atoms with E-state index in [0.717, 1.165) is 0 Å². The maximum Gasteiger partial charge on any atom is 0.178 e. The number of nitrogens with one attached hydrogen (secondary N) is 1. The van der Waals surface area contributed by atoms with E-state index >= 15 is 0 Å². The average Bonchev–Trinajstić information content (AvgIpc) is 2.28. The van der Waals surface area contributed by atoms with Gasteiger partial charge in [-0.1, -0.05) is 6.08 Å². The van der Waals surface area contributed by atoms with Crippen LogP contribution in [0.2, 0.25) is 0 Å². The minimum Gasteiger partial charge on any atom is -0.489 e. The van der Waals surface area contributed by atoms with Crippen LogP contribution in [0.1, 0.15) is 24.2 Å². The highest BCUT2D eigenvalue weighted by Gasteiger charge is 2.07. The van der Waals surface area contributed by atoms with Crippen LogP contribution in [0, 0.1) is 0 Å². The molecular weight excluding hydrogens is 216 g/mol. The Morgan fingerprint density at radius 3 is 3.00 bits per heavy atom. The van der Waals surface area contributed by atoms with E-state index in [-0.39, 0.29) is 18.4 Å². The van der Waals surface area contributed by atoms with Crippen molar-refractivity contribution in [2.75, 3.05) is 13.1 Å². The fourth-order valence-corrected chi connectivity index (χ4v) is 1.30. The summed E-state index contributed by atoms with van der Waals surface area (Å²) < 4.78 is 5.48. The number of hydrogen-bond donors (Lipinski definition) is 1. The van der Waals surface area contributed by atoms with Crippen molar-refractivity contribution in [1.29, 1.82) is 0 Å². The summed E-state index contributed by atoms with van der Waals surface area (Å²) >= 11 is 0. The number of rotatable bonds is 7. The van der Waals surface area contributed by atoms with Gasteiger partial charge in [0.25, 0.3) is 0 Å². The quantitative estimate of drug-likeness (QED) is 0.444. The minimum absolute atomic E-state index is 0.00597. The number of carbonyl (C=O) groups is 1. The second-order valence-corrected chi connectivity index (χ2v) is 3.92. The van der Waals surface area contributed by atoms with Crippen LogP contribution in [-0.2, 0) is 0 Å². The maximum atomic E-state index is 11.8. The Morgan fingerprint density at radius 2 is 2.35 bits per heavy atom. The molecule has 4 heteroatoms. The molecule has 0 saturated carbocycles. The Kier molecular flexibility index (Phi) is 5.36. The fraction of sp³-hybridized carbons (Fsp3) is 0.385. The molecule has 0 amide bonds. The van der Waals surface area contributed by atoms with Gasteiger partial charge in [0.2, 0.25) is 0 Å². The van der Waals surface area contributed by atoms with Gasteiger partial charge in [-0.2, -0.15) is 0 Å². The molecule has 1 rings (SSSR count). The van der Waals surface area contributed by atoms with Crippen molar-refractivity contribution < 1.29 is 9.53 Å². The summed E-state index contributed by atoms with van der Waals surface area (Å²) in [7, 11) is 0. The molecule has 0 unspecified atom stereocenters. The van der Waals surface area contributed by atoms with E-state index in [1.807, 2.05) is 13.8 Å². The zero-order valence-corrected chi connectivity index (χ0v) is 10.3. The van der Waals surface area contributed by atoms with Crippen molar-refractivity contribution in [2.45, 2.75) is 20.0 Å². The van der Waals surface area contributed by atoms with Crippen LogP contribution in [0.3, 0.4) is 0 Å². The van der Waals surface area contributed by atoms with Gasteiger partial charge in [-0.3, -0.25) is 9.78 Å². The first-order valence-corrected chi connectivity index (χ1v) is 5.60. The van der Waals surface area contributed by atoms with Crippen LogP contribution >= 0.6 is 0 Å². The van der Waals surface area contributed by atoms with Crippen molar-refractivity contribution in [3.8, 4) is 5.75 Å². The molecule has 0 aromatic carbocycles. The molecule has 0 aliphatic rings. The van der Waals surface area contributed by atoms with Crippen molar-refractivity contribution in [3.05, 3.63) is 36.7 Å². The molecule has 0 aliphatic carbocycles. The monoisotopic (exact) mass is 234 g/mol. The van der Waals surface area contributed by atoms with Gasteiger partial charge in [-0.05, 0) is 19.9 Å². The third kappa shape index (κ3) is 4.78. The zero-order valence-electron chi connectivity index (χ0n) is 10.3. The first kappa shape index (κ1) is 13.4. The topological polar surface area (TPSA) is 51.2 Å². The second kappa shape index (κ2) is 6.81. The molecule has 1 aromatic rings. The summed E-state index contributed by atoms with van der Waals surface area (Å²) in [6.45, 7) is 8.32. The normalized spacial score (nSPS) is 10.3. The number of aromatic nitrogens is 1. The highest BCUT2D eigenvalue weighted by molar-refractivity contribution is 5.97. The summed E-state index contributed by atoms with van der Waals surface area (Å²) in [5.74, 6) is 0.614. The van der Waals surface area contributed by atoms with Gasteiger partial charge in [-0.15, -0.1) is 6.58 Å². The number of Topliss-reactive ketones (excluding diaryl/α,β-unsaturated/α-hetero) is 1. The number of pyridine rings is 1. The van der Waals surface area contributed by atoms with E-state index in [4.69, 9.17) is 4.74 Å². The Hall–Kier alpha value is -1.68. The molecule has 1 heterocycles. The van der Waals surface area contributed by atoms with E-state index in [2.05, 4.69) is 16.9 Å². The molecule has 0 radical (unpaired) electrons. The first-order valence-electron chi connectivity index (χ1n) is 5.60. The van der Waals surface area contributed by atoms with Gasteiger partial charge < -0.3 is 10.1 Å². The molecule has 92 valence electrons. The Bertz CT molecular complexity index is 389. The molecule has 17 heavy (non-hydrogen) atoms. The molecule has 4 nitrogen and oxygen atoms in total. The van der Waals surface area contributed by atoms with Gasteiger partial charge in [-0.25, -0.2) is 0 Å². The number of hydrogen-bond acceptors (Lipinski definition) is 4. The molecule has 0 aliphatic heterocycles. The Morgan fingerprint density at radius 1 is 1.59 bits per heavy atom. The first-order chi connectivity index (χ1) is 8.13. The Balaban J connectivity index is 2.63. The van der Waals surface area contributed by atoms with E-state index in [0.29, 0.717) is 17.9 Å². The lowest BCUT2D eigenvalue weighted by atomic mass is 10.2. The lowest BCUT2D eigenvalue weighted by Gasteiger charge is -2.10. The van der Waals surface area contributed by atoms with Crippen molar-refractivity contribution in [2.24, 2.45) is 0 Å². The van der Waals surface area contributed by atoms with Gasteiger partial charge in [0.05, 0.1) is 18.8 Å². The molecule has 0 atom stereocenters.